The van der Waals surface area contributed by atoms with Crippen LogP contribution in [0, 0.1) is 18.3 Å². The van der Waals surface area contributed by atoms with Crippen molar-refractivity contribution >= 4 is 0 Å². The van der Waals surface area contributed by atoms with E-state index >= 15 is 0 Å². The van der Waals surface area contributed by atoms with Crippen LogP contribution >= 0.6 is 0 Å². The molecule has 1 aliphatic rings. The summed E-state index contributed by atoms with van der Waals surface area (Å²) in [7, 11) is 3.23. The van der Waals surface area contributed by atoms with E-state index in [1.54, 1.807) is 21.1 Å². The molecule has 0 spiro atoms. The predicted molar refractivity (Wildman–Crippen MR) is 158 cm³/mol. The maximum Gasteiger partial charge on any atom is 0.330 e. The van der Waals surface area contributed by atoms with E-state index < -0.39 is 35.3 Å². The van der Waals surface area contributed by atoms with Gasteiger partial charge in [0.15, 0.2) is 0 Å². The summed E-state index contributed by atoms with van der Waals surface area (Å²) in [4.78, 5) is 27.0. The minimum absolute atomic E-state index is 0.0522. The first kappa shape index (κ1) is 29.8. The number of aryl methyl sites for hydroxylation is 1. The van der Waals surface area contributed by atoms with Crippen LogP contribution in [-0.2, 0) is 19.8 Å². The fourth-order valence-corrected chi connectivity index (χ4v) is 5.42. The first-order chi connectivity index (χ1) is 20.9. The third-order valence-corrected chi connectivity index (χ3v) is 7.64. The van der Waals surface area contributed by atoms with Crippen molar-refractivity contribution < 1.29 is 23.7 Å². The Balaban J connectivity index is 1.57. The van der Waals surface area contributed by atoms with E-state index in [2.05, 4.69) is 4.98 Å². The number of hydrogen-bond acceptors (Lipinski definition) is 8. The SMILES string of the molecule is COc1ccc(C(OC[C@H]2O[C@@H](n3cc(C)c(=O)[nH]c3=O)CC2OCC#N)(c2ccccc2)c2ccc(OC)cc2)cc1. The number of hydrogen-bond donors (Lipinski definition) is 1. The summed E-state index contributed by atoms with van der Waals surface area (Å²) in [6.07, 6.45) is -0.168. The molecule has 10 heteroatoms. The molecule has 5 rings (SSSR count). The van der Waals surface area contributed by atoms with Crippen LogP contribution in [0.3, 0.4) is 0 Å². The van der Waals surface area contributed by atoms with E-state index in [0.717, 1.165) is 16.7 Å². The van der Waals surface area contributed by atoms with Crippen LogP contribution in [0.15, 0.2) is 94.6 Å². The highest BCUT2D eigenvalue weighted by molar-refractivity contribution is 5.49. The lowest BCUT2D eigenvalue weighted by atomic mass is 9.80. The summed E-state index contributed by atoms with van der Waals surface area (Å²) < 4.78 is 31.4. The number of nitriles is 1. The number of nitrogens with zero attached hydrogens (tertiary/aromatic N) is 2. The van der Waals surface area contributed by atoms with Gasteiger partial charge in [-0.1, -0.05) is 54.6 Å². The monoisotopic (exact) mass is 583 g/mol. The highest BCUT2D eigenvalue weighted by atomic mass is 16.6. The Morgan fingerprint density at radius 1 is 0.930 bits per heavy atom. The quantitative estimate of drug-likeness (QED) is 0.262. The van der Waals surface area contributed by atoms with Gasteiger partial charge in [0.05, 0.1) is 33.0 Å². The van der Waals surface area contributed by atoms with Crippen LogP contribution in [-0.4, -0.2) is 49.2 Å². The molecule has 4 aromatic rings. The molecule has 0 amide bonds. The van der Waals surface area contributed by atoms with E-state index in [0.29, 0.717) is 17.1 Å². The summed E-state index contributed by atoms with van der Waals surface area (Å²) in [5.41, 5.74) is 0.815. The maximum atomic E-state index is 12.7. The molecule has 2 heterocycles. The molecular formula is C33H33N3O7. The second-order valence-electron chi connectivity index (χ2n) is 10.2. The number of aromatic nitrogens is 2. The summed E-state index contributed by atoms with van der Waals surface area (Å²) >= 11 is 0. The third kappa shape index (κ3) is 6.10. The van der Waals surface area contributed by atoms with E-state index in [-0.39, 0.29) is 19.6 Å². The van der Waals surface area contributed by atoms with Gasteiger partial charge < -0.3 is 23.7 Å². The Labute approximate surface area is 249 Å². The van der Waals surface area contributed by atoms with Crippen LogP contribution in [0.25, 0.3) is 0 Å². The second-order valence-corrected chi connectivity index (χ2v) is 10.2. The van der Waals surface area contributed by atoms with E-state index in [1.165, 1.54) is 10.8 Å². The van der Waals surface area contributed by atoms with E-state index in [1.807, 2.05) is 84.9 Å². The molecule has 1 N–H and O–H groups in total. The highest BCUT2D eigenvalue weighted by Gasteiger charge is 2.43. The van der Waals surface area contributed by atoms with Crippen molar-refractivity contribution in [3.63, 3.8) is 0 Å². The number of methoxy groups -OCH3 is 2. The number of H-pyrrole nitrogens is 1. The summed E-state index contributed by atoms with van der Waals surface area (Å²) in [6, 6.07) is 27.2. The average molecular weight is 584 g/mol. The lowest BCUT2D eigenvalue weighted by molar-refractivity contribution is -0.102. The van der Waals surface area contributed by atoms with Gasteiger partial charge in [-0.25, -0.2) is 4.79 Å². The molecule has 3 aromatic carbocycles. The molecule has 10 nitrogen and oxygen atoms in total. The van der Waals surface area contributed by atoms with Gasteiger partial charge in [0.25, 0.3) is 5.56 Å². The Hall–Kier alpha value is -4.69. The van der Waals surface area contributed by atoms with Crippen molar-refractivity contribution in [3.05, 3.63) is 128 Å². The van der Waals surface area contributed by atoms with Crippen LogP contribution < -0.4 is 20.7 Å². The fraction of sp³-hybridized carbons (Fsp3) is 0.303. The molecule has 222 valence electrons. The zero-order valence-corrected chi connectivity index (χ0v) is 24.2. The third-order valence-electron chi connectivity index (χ3n) is 7.64. The molecule has 3 atom stereocenters. The van der Waals surface area contributed by atoms with Gasteiger partial charge >= 0.3 is 5.69 Å². The standard InChI is InChI=1S/C33H33N3O7/c1-22-20-36(32(38)35-31(22)37)30-19-28(41-18-17-34)29(43-30)21-42-33(23-7-5-4-6-8-23,24-9-13-26(39-2)14-10-24)25-11-15-27(40-3)16-12-25/h4-16,20,28-30H,18-19,21H2,1-3H3,(H,35,37,38)/t28?,29-,30-/m1/s1. The highest BCUT2D eigenvalue weighted by Crippen LogP contribution is 2.43. The van der Waals surface area contributed by atoms with Gasteiger partial charge in [0, 0.05) is 18.2 Å². The summed E-state index contributed by atoms with van der Waals surface area (Å²) in [5.74, 6) is 1.41. The van der Waals surface area contributed by atoms with E-state index in [4.69, 9.17) is 23.7 Å². The molecule has 0 saturated carbocycles. The smallest absolute Gasteiger partial charge is 0.330 e. The Morgan fingerprint density at radius 2 is 1.51 bits per heavy atom. The molecule has 1 unspecified atom stereocenters. The molecular weight excluding hydrogens is 550 g/mol. The second kappa shape index (κ2) is 13.1. The predicted octanol–water partition coefficient (Wildman–Crippen LogP) is 4.07. The zero-order valence-electron chi connectivity index (χ0n) is 24.2. The van der Waals surface area contributed by atoms with Crippen molar-refractivity contribution in [3.8, 4) is 17.6 Å². The summed E-state index contributed by atoms with van der Waals surface area (Å²) in [6.45, 7) is 1.51. The number of rotatable bonds is 11. The lowest BCUT2D eigenvalue weighted by Gasteiger charge is -2.37. The van der Waals surface area contributed by atoms with Crippen molar-refractivity contribution in [2.24, 2.45) is 0 Å². The van der Waals surface area contributed by atoms with Crippen molar-refractivity contribution in [1.82, 2.24) is 9.55 Å². The lowest BCUT2D eigenvalue weighted by Crippen LogP contribution is -2.38. The molecule has 1 saturated heterocycles. The van der Waals surface area contributed by atoms with Crippen LogP contribution in [0.4, 0.5) is 0 Å². The van der Waals surface area contributed by atoms with Crippen LogP contribution in [0.1, 0.15) is 34.9 Å². The van der Waals surface area contributed by atoms with Crippen LogP contribution in [0.5, 0.6) is 11.5 Å². The van der Waals surface area contributed by atoms with Crippen molar-refractivity contribution in [1.29, 1.82) is 5.26 Å². The molecule has 1 aromatic heterocycles. The zero-order chi connectivity index (χ0) is 30.4. The minimum Gasteiger partial charge on any atom is -0.497 e. The van der Waals surface area contributed by atoms with Crippen molar-refractivity contribution in [2.75, 3.05) is 27.4 Å². The number of nitrogens with one attached hydrogen (secondary N) is 1. The molecule has 43 heavy (non-hydrogen) atoms. The Morgan fingerprint density at radius 3 is 2.07 bits per heavy atom. The molecule has 0 aliphatic carbocycles. The topological polar surface area (TPSA) is 125 Å². The van der Waals surface area contributed by atoms with Gasteiger partial charge in [0.1, 0.15) is 36.0 Å². The fourth-order valence-electron chi connectivity index (χ4n) is 5.42. The average Bonchev–Trinajstić information content (AvgIpc) is 3.45. The van der Waals surface area contributed by atoms with Gasteiger partial charge in [-0.2, -0.15) is 5.26 Å². The number of ether oxygens (including phenoxy) is 5. The first-order valence-corrected chi connectivity index (χ1v) is 13.8. The van der Waals surface area contributed by atoms with Gasteiger partial charge in [-0.3, -0.25) is 14.3 Å². The molecule has 0 bridgehead atoms. The molecule has 1 fully saturated rings. The van der Waals surface area contributed by atoms with Gasteiger partial charge in [-0.05, 0) is 47.9 Å². The van der Waals surface area contributed by atoms with Crippen molar-refractivity contribution in [2.45, 2.75) is 37.4 Å². The largest absolute Gasteiger partial charge is 0.497 e. The van der Waals surface area contributed by atoms with Gasteiger partial charge in [0.2, 0.25) is 0 Å². The number of aromatic amines is 1. The van der Waals surface area contributed by atoms with Gasteiger partial charge in [-0.15, -0.1) is 0 Å². The minimum atomic E-state index is -1.09. The molecule has 0 radical (unpaired) electrons. The van der Waals surface area contributed by atoms with E-state index in [9.17, 15) is 14.9 Å². The maximum absolute atomic E-state index is 12.7. The first-order valence-electron chi connectivity index (χ1n) is 13.8. The number of benzene rings is 3. The molecule has 1 aliphatic heterocycles. The normalized spacial score (nSPS) is 18.2. The summed E-state index contributed by atoms with van der Waals surface area (Å²) in [5, 5.41) is 9.24. The Bertz CT molecular complexity index is 1630. The van der Waals surface area contributed by atoms with Crippen LogP contribution in [0.2, 0.25) is 0 Å². The Kier molecular flexibility index (Phi) is 9.07.